The van der Waals surface area contributed by atoms with E-state index in [0.29, 0.717) is 0 Å². The van der Waals surface area contributed by atoms with Crippen molar-refractivity contribution >= 4 is 38.7 Å². The molecule has 106 valence electrons. The first-order valence-electron chi connectivity index (χ1n) is 5.52. The Morgan fingerprint density at radius 1 is 1.15 bits per heavy atom. The number of hydrogen-bond acceptors (Lipinski definition) is 3. The minimum Gasteiger partial charge on any atom is -0.398 e. The van der Waals surface area contributed by atoms with Gasteiger partial charge in [0.1, 0.15) is 5.82 Å². The van der Waals surface area contributed by atoms with Crippen molar-refractivity contribution in [2.24, 2.45) is 0 Å². The van der Waals surface area contributed by atoms with E-state index in [1.165, 1.54) is 36.4 Å². The van der Waals surface area contributed by atoms with Gasteiger partial charge in [-0.1, -0.05) is 35.3 Å². The highest BCUT2D eigenvalue weighted by Gasteiger charge is 2.21. The SMILES string of the molecule is Nc1ccc(Cl)cc1S(=O)(=O)Cc1cccc(Cl)c1F. The zero-order valence-corrected chi connectivity index (χ0v) is 12.4. The Morgan fingerprint density at radius 2 is 1.85 bits per heavy atom. The van der Waals surface area contributed by atoms with E-state index in [4.69, 9.17) is 28.9 Å². The third-order valence-electron chi connectivity index (χ3n) is 2.69. The fraction of sp³-hybridized carbons (Fsp3) is 0.0769. The molecular formula is C13H10Cl2FNO2S. The average molecular weight is 334 g/mol. The molecule has 0 radical (unpaired) electrons. The highest BCUT2D eigenvalue weighted by Crippen LogP contribution is 2.27. The van der Waals surface area contributed by atoms with Crippen molar-refractivity contribution in [3.63, 3.8) is 0 Å². The maximum atomic E-state index is 13.8. The van der Waals surface area contributed by atoms with Crippen LogP contribution in [0.3, 0.4) is 0 Å². The van der Waals surface area contributed by atoms with Crippen molar-refractivity contribution in [3.05, 3.63) is 57.8 Å². The van der Waals surface area contributed by atoms with Crippen LogP contribution in [0.5, 0.6) is 0 Å². The van der Waals surface area contributed by atoms with Gasteiger partial charge in [0.15, 0.2) is 9.84 Å². The molecule has 2 N–H and O–H groups in total. The molecule has 7 heteroatoms. The standard InChI is InChI=1S/C13H10Cl2FNO2S/c14-9-4-5-11(17)12(6-9)20(18,19)7-8-2-1-3-10(15)13(8)16/h1-6H,7,17H2. The third kappa shape index (κ3) is 3.06. The van der Waals surface area contributed by atoms with Gasteiger partial charge in [-0.05, 0) is 24.3 Å². The van der Waals surface area contributed by atoms with Crippen molar-refractivity contribution in [2.45, 2.75) is 10.6 Å². The average Bonchev–Trinajstić information content (AvgIpc) is 2.37. The number of nitrogen functional groups attached to an aromatic ring is 1. The molecule has 0 atom stereocenters. The van der Waals surface area contributed by atoms with Gasteiger partial charge in [0.2, 0.25) is 0 Å². The molecule has 0 heterocycles. The lowest BCUT2D eigenvalue weighted by atomic mass is 10.2. The van der Waals surface area contributed by atoms with Crippen molar-refractivity contribution in [1.29, 1.82) is 0 Å². The Kier molecular flexibility index (Phi) is 4.22. The predicted octanol–water partition coefficient (Wildman–Crippen LogP) is 3.69. The molecule has 20 heavy (non-hydrogen) atoms. The maximum Gasteiger partial charge on any atom is 0.184 e. The van der Waals surface area contributed by atoms with Crippen LogP contribution in [-0.4, -0.2) is 8.42 Å². The lowest BCUT2D eigenvalue weighted by Gasteiger charge is -2.09. The van der Waals surface area contributed by atoms with E-state index in [0.717, 1.165) is 0 Å². The van der Waals surface area contributed by atoms with Gasteiger partial charge in [-0.25, -0.2) is 12.8 Å². The maximum absolute atomic E-state index is 13.8. The van der Waals surface area contributed by atoms with E-state index in [9.17, 15) is 12.8 Å². The summed E-state index contributed by atoms with van der Waals surface area (Å²) >= 11 is 11.4. The molecule has 0 aliphatic carbocycles. The molecule has 0 aliphatic heterocycles. The largest absolute Gasteiger partial charge is 0.398 e. The second-order valence-corrected chi connectivity index (χ2v) is 6.96. The molecule has 2 rings (SSSR count). The van der Waals surface area contributed by atoms with Crippen LogP contribution in [0.1, 0.15) is 5.56 Å². The lowest BCUT2D eigenvalue weighted by molar-refractivity contribution is 0.587. The minimum atomic E-state index is -3.81. The van der Waals surface area contributed by atoms with Crippen molar-refractivity contribution in [3.8, 4) is 0 Å². The van der Waals surface area contributed by atoms with Gasteiger partial charge in [0.25, 0.3) is 0 Å². The van der Waals surface area contributed by atoms with Gasteiger partial charge in [0, 0.05) is 10.6 Å². The number of sulfone groups is 1. The number of nitrogens with two attached hydrogens (primary N) is 1. The Hall–Kier alpha value is -1.30. The topological polar surface area (TPSA) is 60.2 Å². The summed E-state index contributed by atoms with van der Waals surface area (Å²) in [6.45, 7) is 0. The van der Waals surface area contributed by atoms with E-state index in [-0.39, 0.29) is 26.2 Å². The molecule has 2 aromatic carbocycles. The van der Waals surface area contributed by atoms with E-state index < -0.39 is 21.4 Å². The molecule has 2 aromatic rings. The van der Waals surface area contributed by atoms with E-state index in [1.54, 1.807) is 0 Å². The molecule has 0 aliphatic rings. The summed E-state index contributed by atoms with van der Waals surface area (Å²) in [5, 5.41) is 0.112. The van der Waals surface area contributed by atoms with E-state index in [1.807, 2.05) is 0 Å². The third-order valence-corrected chi connectivity index (χ3v) is 4.93. The Morgan fingerprint density at radius 3 is 2.55 bits per heavy atom. The lowest BCUT2D eigenvalue weighted by Crippen LogP contribution is -2.09. The van der Waals surface area contributed by atoms with E-state index in [2.05, 4.69) is 0 Å². The Labute approximate surface area is 126 Å². The summed E-state index contributed by atoms with van der Waals surface area (Å²) < 4.78 is 38.4. The van der Waals surface area contributed by atoms with Gasteiger partial charge < -0.3 is 5.73 Å². The monoisotopic (exact) mass is 333 g/mol. The normalized spacial score (nSPS) is 11.6. The molecule has 0 spiro atoms. The number of rotatable bonds is 3. The van der Waals surface area contributed by atoms with Gasteiger partial charge in [0.05, 0.1) is 21.4 Å². The summed E-state index contributed by atoms with van der Waals surface area (Å²) in [5.41, 5.74) is 5.69. The highest BCUT2D eigenvalue weighted by atomic mass is 35.5. The minimum absolute atomic E-state index is 0.0168. The molecule has 0 unspecified atom stereocenters. The first-order valence-corrected chi connectivity index (χ1v) is 7.93. The summed E-state index contributed by atoms with van der Waals surface area (Å²) in [7, 11) is -3.81. The second-order valence-electron chi connectivity index (χ2n) is 4.15. The molecule has 0 aromatic heterocycles. The fourth-order valence-corrected chi connectivity index (χ4v) is 3.67. The molecule has 0 saturated heterocycles. The molecule has 0 amide bonds. The quantitative estimate of drug-likeness (QED) is 0.871. The van der Waals surface area contributed by atoms with Crippen LogP contribution in [0.4, 0.5) is 10.1 Å². The van der Waals surface area contributed by atoms with Gasteiger partial charge in [-0.15, -0.1) is 0 Å². The molecule has 0 saturated carbocycles. The van der Waals surface area contributed by atoms with E-state index >= 15 is 0 Å². The molecule has 3 nitrogen and oxygen atoms in total. The smallest absolute Gasteiger partial charge is 0.184 e. The predicted molar refractivity (Wildman–Crippen MR) is 78.2 cm³/mol. The number of halogens is 3. The van der Waals surface area contributed by atoms with Crippen LogP contribution in [0.25, 0.3) is 0 Å². The van der Waals surface area contributed by atoms with Gasteiger partial charge in [-0.2, -0.15) is 0 Å². The zero-order chi connectivity index (χ0) is 14.9. The summed E-state index contributed by atoms with van der Waals surface area (Å²) in [5.74, 6) is -1.29. The van der Waals surface area contributed by atoms with Crippen molar-refractivity contribution in [1.82, 2.24) is 0 Å². The summed E-state index contributed by atoms with van der Waals surface area (Å²) in [6.07, 6.45) is 0. The van der Waals surface area contributed by atoms with Gasteiger partial charge in [-0.3, -0.25) is 0 Å². The van der Waals surface area contributed by atoms with Crippen LogP contribution in [0.2, 0.25) is 10.0 Å². The Bertz CT molecular complexity index is 763. The van der Waals surface area contributed by atoms with Crippen LogP contribution < -0.4 is 5.73 Å². The van der Waals surface area contributed by atoms with Crippen LogP contribution >= 0.6 is 23.2 Å². The first-order chi connectivity index (χ1) is 9.31. The number of anilines is 1. The molecular weight excluding hydrogens is 324 g/mol. The molecule has 0 fully saturated rings. The zero-order valence-electron chi connectivity index (χ0n) is 10.1. The first kappa shape index (κ1) is 15.1. The van der Waals surface area contributed by atoms with Crippen molar-refractivity contribution < 1.29 is 12.8 Å². The van der Waals surface area contributed by atoms with Crippen LogP contribution in [0, 0.1) is 5.82 Å². The summed E-state index contributed by atoms with van der Waals surface area (Å²) in [4.78, 5) is -0.121. The fourth-order valence-electron chi connectivity index (χ4n) is 1.72. The highest BCUT2D eigenvalue weighted by molar-refractivity contribution is 7.90. The van der Waals surface area contributed by atoms with Crippen LogP contribution in [-0.2, 0) is 15.6 Å². The Balaban J connectivity index is 2.46. The van der Waals surface area contributed by atoms with Crippen LogP contribution in [0.15, 0.2) is 41.3 Å². The molecule has 0 bridgehead atoms. The number of hydrogen-bond donors (Lipinski definition) is 1. The van der Waals surface area contributed by atoms with Crippen molar-refractivity contribution in [2.75, 3.05) is 5.73 Å². The van der Waals surface area contributed by atoms with Gasteiger partial charge >= 0.3 is 0 Å². The number of benzene rings is 2. The summed E-state index contributed by atoms with van der Waals surface area (Å²) in [6, 6.07) is 8.31. The second kappa shape index (κ2) is 5.60.